The van der Waals surface area contributed by atoms with Gasteiger partial charge < -0.3 is 29.2 Å². The third-order valence-corrected chi connectivity index (χ3v) is 5.42. The molecule has 162 valence electrons. The Morgan fingerprint density at radius 3 is 2.93 bits per heavy atom. The van der Waals surface area contributed by atoms with Gasteiger partial charge in [0.1, 0.15) is 24.2 Å². The lowest BCUT2D eigenvalue weighted by molar-refractivity contribution is -0.0288. The van der Waals surface area contributed by atoms with Crippen LogP contribution in [0.15, 0.2) is 36.5 Å². The summed E-state index contributed by atoms with van der Waals surface area (Å²) in [6, 6.07) is 9.35. The van der Waals surface area contributed by atoms with E-state index in [-0.39, 0.29) is 6.10 Å². The smallest absolute Gasteiger partial charge is 0.171 e. The second-order valence-electron chi connectivity index (χ2n) is 6.70. The van der Waals surface area contributed by atoms with Crippen molar-refractivity contribution in [2.75, 3.05) is 47.1 Å². The van der Waals surface area contributed by atoms with Crippen molar-refractivity contribution in [3.63, 3.8) is 0 Å². The van der Waals surface area contributed by atoms with Gasteiger partial charge in [0.15, 0.2) is 16.0 Å². The Labute approximate surface area is 187 Å². The zero-order valence-corrected chi connectivity index (χ0v) is 18.7. The highest BCUT2D eigenvalue weighted by atomic mass is 35.5. The monoisotopic (exact) mass is 451 g/mol. The highest BCUT2D eigenvalue weighted by Crippen LogP contribution is 2.24. The van der Waals surface area contributed by atoms with Crippen molar-refractivity contribution in [2.45, 2.75) is 12.5 Å². The van der Waals surface area contributed by atoms with Crippen molar-refractivity contribution < 1.29 is 18.9 Å². The first-order valence-electron chi connectivity index (χ1n) is 9.69. The van der Waals surface area contributed by atoms with Crippen LogP contribution in [0, 0.1) is 0 Å². The average molecular weight is 452 g/mol. The average Bonchev–Trinajstić information content (AvgIpc) is 2.78. The summed E-state index contributed by atoms with van der Waals surface area (Å²) in [7, 11) is 3.32. The Morgan fingerprint density at radius 1 is 1.30 bits per heavy atom. The molecule has 3 rings (SSSR count). The highest BCUT2D eigenvalue weighted by molar-refractivity contribution is 7.80. The van der Waals surface area contributed by atoms with E-state index in [0.29, 0.717) is 42.3 Å². The lowest BCUT2D eigenvalue weighted by atomic mass is 10.1. The minimum Gasteiger partial charge on any atom is -0.497 e. The number of methoxy groups -OCH3 is 2. The minimum absolute atomic E-state index is 0.103. The van der Waals surface area contributed by atoms with Crippen molar-refractivity contribution in [3.8, 4) is 17.2 Å². The van der Waals surface area contributed by atoms with Crippen molar-refractivity contribution >= 4 is 28.9 Å². The summed E-state index contributed by atoms with van der Waals surface area (Å²) in [5, 5.41) is 4.37. The van der Waals surface area contributed by atoms with E-state index >= 15 is 0 Å². The van der Waals surface area contributed by atoms with E-state index in [9.17, 15) is 0 Å². The van der Waals surface area contributed by atoms with Crippen LogP contribution in [-0.4, -0.2) is 68.2 Å². The maximum atomic E-state index is 6.03. The summed E-state index contributed by atoms with van der Waals surface area (Å²) in [6.07, 6.45) is 2.28. The maximum absolute atomic E-state index is 6.03. The summed E-state index contributed by atoms with van der Waals surface area (Å²) in [5.74, 6) is 2.19. The number of ether oxygens (including phenoxy) is 4. The van der Waals surface area contributed by atoms with E-state index in [2.05, 4.69) is 15.2 Å². The van der Waals surface area contributed by atoms with Crippen molar-refractivity contribution in [1.82, 2.24) is 15.2 Å². The number of hydrogen-bond acceptors (Lipinski definition) is 6. The van der Waals surface area contributed by atoms with Crippen LogP contribution in [0.1, 0.15) is 5.56 Å². The minimum atomic E-state index is -0.103. The third-order valence-electron chi connectivity index (χ3n) is 4.73. The molecule has 1 aromatic heterocycles. The fourth-order valence-corrected chi connectivity index (χ4v) is 3.60. The molecular formula is C21H26ClN3O4S. The van der Waals surface area contributed by atoms with Gasteiger partial charge in [0.05, 0.1) is 20.8 Å². The van der Waals surface area contributed by atoms with Crippen molar-refractivity contribution in [3.05, 3.63) is 47.2 Å². The van der Waals surface area contributed by atoms with E-state index in [4.69, 9.17) is 42.8 Å². The van der Waals surface area contributed by atoms with Gasteiger partial charge in [-0.1, -0.05) is 11.6 Å². The second-order valence-corrected chi connectivity index (χ2v) is 7.45. The molecule has 1 N–H and O–H groups in total. The molecule has 1 fully saturated rings. The highest BCUT2D eigenvalue weighted by Gasteiger charge is 2.23. The Kier molecular flexibility index (Phi) is 8.36. The lowest BCUT2D eigenvalue weighted by Crippen LogP contribution is -2.51. The summed E-state index contributed by atoms with van der Waals surface area (Å²) in [6.45, 7) is 3.03. The Morgan fingerprint density at radius 2 is 2.17 bits per heavy atom. The molecule has 1 aliphatic heterocycles. The third kappa shape index (κ3) is 6.10. The van der Waals surface area contributed by atoms with E-state index in [1.54, 1.807) is 32.5 Å². The molecule has 7 nitrogen and oxygen atoms in total. The van der Waals surface area contributed by atoms with Crippen LogP contribution in [0.3, 0.4) is 0 Å². The Balaban J connectivity index is 1.47. The van der Waals surface area contributed by atoms with Gasteiger partial charge in [0, 0.05) is 25.8 Å². The molecule has 2 heterocycles. The number of benzene rings is 1. The number of nitrogens with one attached hydrogen (secondary N) is 1. The molecule has 1 atom stereocenters. The largest absolute Gasteiger partial charge is 0.497 e. The van der Waals surface area contributed by atoms with Gasteiger partial charge in [-0.2, -0.15) is 0 Å². The molecule has 0 bridgehead atoms. The van der Waals surface area contributed by atoms with E-state index in [0.717, 1.165) is 30.0 Å². The van der Waals surface area contributed by atoms with Crippen LogP contribution in [0.5, 0.6) is 17.2 Å². The molecule has 0 amide bonds. The summed E-state index contributed by atoms with van der Waals surface area (Å²) in [4.78, 5) is 6.11. The van der Waals surface area contributed by atoms with Gasteiger partial charge in [-0.05, 0) is 54.5 Å². The Bertz CT molecular complexity index is 855. The van der Waals surface area contributed by atoms with Crippen LogP contribution < -0.4 is 19.5 Å². The van der Waals surface area contributed by atoms with Gasteiger partial charge in [0.2, 0.25) is 0 Å². The van der Waals surface area contributed by atoms with E-state index in [1.165, 1.54) is 0 Å². The number of halogens is 1. The molecule has 0 radical (unpaired) electrons. The zero-order chi connectivity index (χ0) is 21.3. The van der Waals surface area contributed by atoms with Crippen molar-refractivity contribution in [1.29, 1.82) is 0 Å². The first-order valence-corrected chi connectivity index (χ1v) is 10.5. The predicted octanol–water partition coefficient (Wildman–Crippen LogP) is 2.95. The first kappa shape index (κ1) is 22.4. The fourth-order valence-electron chi connectivity index (χ4n) is 3.16. The molecule has 1 saturated heterocycles. The normalized spacial score (nSPS) is 16.1. The van der Waals surface area contributed by atoms with Crippen LogP contribution in [-0.2, 0) is 11.2 Å². The molecule has 9 heteroatoms. The fraction of sp³-hybridized carbons (Fsp3) is 0.429. The predicted molar refractivity (Wildman–Crippen MR) is 120 cm³/mol. The standard InChI is InChI=1S/C21H26ClN3O4S/c1-26-16-5-6-18(27-2)15(12-16)7-9-24-21(30)25-10-11-28-17(13-25)14-29-19-4-3-8-23-20(19)22/h3-6,8,12,17H,7,9-11,13-14H2,1-2H3,(H,24,30). The number of nitrogens with zero attached hydrogens (tertiary/aromatic N) is 2. The van der Waals surface area contributed by atoms with E-state index in [1.807, 2.05) is 18.2 Å². The molecular weight excluding hydrogens is 426 g/mol. The maximum Gasteiger partial charge on any atom is 0.171 e. The Hall–Kier alpha value is -2.29. The van der Waals surface area contributed by atoms with Crippen LogP contribution in [0.4, 0.5) is 0 Å². The zero-order valence-electron chi connectivity index (χ0n) is 17.1. The molecule has 1 aliphatic rings. The summed E-state index contributed by atoms with van der Waals surface area (Å²) >= 11 is 11.6. The number of thiocarbonyl (C=S) groups is 1. The summed E-state index contributed by atoms with van der Waals surface area (Å²) in [5.41, 5.74) is 1.06. The summed E-state index contributed by atoms with van der Waals surface area (Å²) < 4.78 is 22.3. The van der Waals surface area contributed by atoms with Gasteiger partial charge in [0.25, 0.3) is 0 Å². The van der Waals surface area contributed by atoms with Gasteiger partial charge in [-0.15, -0.1) is 0 Å². The van der Waals surface area contributed by atoms with Crippen molar-refractivity contribution in [2.24, 2.45) is 0 Å². The van der Waals surface area contributed by atoms with E-state index < -0.39 is 0 Å². The van der Waals surface area contributed by atoms with Crippen LogP contribution >= 0.6 is 23.8 Å². The van der Waals surface area contributed by atoms with Crippen LogP contribution in [0.25, 0.3) is 0 Å². The van der Waals surface area contributed by atoms with Gasteiger partial charge in [-0.25, -0.2) is 4.98 Å². The molecule has 0 saturated carbocycles. The molecule has 2 aromatic rings. The SMILES string of the molecule is COc1ccc(OC)c(CCNC(=S)N2CCOC(COc3cccnc3Cl)C2)c1. The van der Waals surface area contributed by atoms with Gasteiger partial charge >= 0.3 is 0 Å². The van der Waals surface area contributed by atoms with Crippen LogP contribution in [0.2, 0.25) is 5.15 Å². The molecule has 0 spiro atoms. The quantitative estimate of drug-likeness (QED) is 0.485. The molecule has 1 aromatic carbocycles. The molecule has 30 heavy (non-hydrogen) atoms. The topological polar surface area (TPSA) is 65.1 Å². The second kappa shape index (κ2) is 11.2. The molecule has 0 aliphatic carbocycles. The number of morpholine rings is 1. The number of hydrogen-bond donors (Lipinski definition) is 1. The van der Waals surface area contributed by atoms with Gasteiger partial charge in [-0.3, -0.25) is 0 Å². The number of aromatic nitrogens is 1. The number of pyridine rings is 1. The lowest BCUT2D eigenvalue weighted by Gasteiger charge is -2.34. The first-order chi connectivity index (χ1) is 14.6. The molecule has 1 unspecified atom stereocenters. The number of rotatable bonds is 8.